The van der Waals surface area contributed by atoms with Gasteiger partial charge in [0.1, 0.15) is 0 Å². The highest BCUT2D eigenvalue weighted by Crippen LogP contribution is 2.32. The molecule has 1 saturated heterocycles. The maximum absolute atomic E-state index is 5.42. The molecule has 2 aliphatic rings. The third-order valence-corrected chi connectivity index (χ3v) is 4.07. The Kier molecular flexibility index (Phi) is 3.41. The van der Waals surface area contributed by atoms with E-state index in [1.807, 2.05) is 6.07 Å². The van der Waals surface area contributed by atoms with Crippen molar-refractivity contribution in [2.75, 3.05) is 19.9 Å². The Labute approximate surface area is 109 Å². The van der Waals surface area contributed by atoms with E-state index in [0.717, 1.165) is 30.5 Å². The van der Waals surface area contributed by atoms with Crippen LogP contribution in [0, 0.1) is 0 Å². The molecule has 2 aliphatic heterocycles. The molecule has 0 amide bonds. The Balaban J connectivity index is 1.59. The van der Waals surface area contributed by atoms with Crippen LogP contribution >= 0.6 is 0 Å². The summed E-state index contributed by atoms with van der Waals surface area (Å²) in [5.74, 6) is 1.78. The third-order valence-electron chi connectivity index (χ3n) is 4.07. The fraction of sp³-hybridized carbons (Fsp3) is 0.600. The number of piperidine rings is 1. The van der Waals surface area contributed by atoms with Gasteiger partial charge < -0.3 is 14.4 Å². The van der Waals surface area contributed by atoms with E-state index in [0.29, 0.717) is 6.79 Å². The SMILES string of the molecule is CC1CCCCN1CCc1ccc2c(c1)OCO2. The van der Waals surface area contributed by atoms with Crippen molar-refractivity contribution in [2.45, 2.75) is 38.6 Å². The molecule has 3 nitrogen and oxygen atoms in total. The van der Waals surface area contributed by atoms with Crippen molar-refractivity contribution < 1.29 is 9.47 Å². The largest absolute Gasteiger partial charge is 0.454 e. The van der Waals surface area contributed by atoms with Gasteiger partial charge in [0.25, 0.3) is 0 Å². The van der Waals surface area contributed by atoms with Crippen LogP contribution in [0.4, 0.5) is 0 Å². The van der Waals surface area contributed by atoms with Crippen molar-refractivity contribution in [1.29, 1.82) is 0 Å². The summed E-state index contributed by atoms with van der Waals surface area (Å²) >= 11 is 0. The first-order chi connectivity index (χ1) is 8.83. The first-order valence-corrected chi connectivity index (χ1v) is 6.95. The van der Waals surface area contributed by atoms with Crippen LogP contribution in [0.5, 0.6) is 11.5 Å². The standard InChI is InChI=1S/C15H21NO2/c1-12-4-2-3-8-16(12)9-7-13-5-6-14-15(10-13)18-11-17-14/h5-6,10,12H,2-4,7-9,11H2,1H3. The fourth-order valence-electron chi connectivity index (χ4n) is 2.86. The molecule has 1 fully saturated rings. The molecule has 3 rings (SSSR count). The number of hydrogen-bond acceptors (Lipinski definition) is 3. The summed E-state index contributed by atoms with van der Waals surface area (Å²) in [4.78, 5) is 2.61. The summed E-state index contributed by atoms with van der Waals surface area (Å²) in [6.07, 6.45) is 5.19. The summed E-state index contributed by atoms with van der Waals surface area (Å²) in [5, 5.41) is 0. The van der Waals surface area contributed by atoms with E-state index in [2.05, 4.69) is 24.0 Å². The smallest absolute Gasteiger partial charge is 0.231 e. The van der Waals surface area contributed by atoms with Gasteiger partial charge in [0, 0.05) is 12.6 Å². The molecular weight excluding hydrogens is 226 g/mol. The maximum atomic E-state index is 5.42. The van der Waals surface area contributed by atoms with Crippen molar-refractivity contribution in [3.05, 3.63) is 23.8 Å². The van der Waals surface area contributed by atoms with Crippen LogP contribution < -0.4 is 9.47 Å². The van der Waals surface area contributed by atoms with Gasteiger partial charge in [0.05, 0.1) is 0 Å². The second-order valence-electron chi connectivity index (χ2n) is 5.32. The molecule has 0 saturated carbocycles. The van der Waals surface area contributed by atoms with Crippen LogP contribution in [-0.2, 0) is 6.42 Å². The molecule has 0 aliphatic carbocycles. The zero-order valence-electron chi connectivity index (χ0n) is 11.0. The summed E-state index contributed by atoms with van der Waals surface area (Å²) in [6.45, 7) is 5.12. The second-order valence-corrected chi connectivity index (χ2v) is 5.32. The first kappa shape index (κ1) is 11.8. The Morgan fingerprint density at radius 2 is 2.11 bits per heavy atom. The van der Waals surface area contributed by atoms with Gasteiger partial charge in [-0.25, -0.2) is 0 Å². The van der Waals surface area contributed by atoms with Crippen molar-refractivity contribution in [1.82, 2.24) is 4.90 Å². The number of fused-ring (bicyclic) bond motifs is 1. The Morgan fingerprint density at radius 3 is 3.00 bits per heavy atom. The average molecular weight is 247 g/mol. The average Bonchev–Trinajstić information content (AvgIpc) is 2.85. The minimum atomic E-state index is 0.363. The number of ether oxygens (including phenoxy) is 2. The van der Waals surface area contributed by atoms with E-state index in [1.54, 1.807) is 0 Å². The highest BCUT2D eigenvalue weighted by Gasteiger charge is 2.18. The molecule has 18 heavy (non-hydrogen) atoms. The van der Waals surface area contributed by atoms with Crippen LogP contribution in [-0.4, -0.2) is 30.8 Å². The van der Waals surface area contributed by atoms with Crippen LogP contribution in [0.25, 0.3) is 0 Å². The Morgan fingerprint density at radius 1 is 1.22 bits per heavy atom. The summed E-state index contributed by atoms with van der Waals surface area (Å²) in [6, 6.07) is 7.05. The molecule has 0 N–H and O–H groups in total. The summed E-state index contributed by atoms with van der Waals surface area (Å²) in [7, 11) is 0. The molecule has 1 aromatic carbocycles. The number of nitrogens with zero attached hydrogens (tertiary/aromatic N) is 1. The predicted molar refractivity (Wildman–Crippen MR) is 71.2 cm³/mol. The van der Waals surface area contributed by atoms with Crippen LogP contribution in [0.3, 0.4) is 0 Å². The van der Waals surface area contributed by atoms with Gasteiger partial charge in [-0.1, -0.05) is 12.5 Å². The zero-order valence-corrected chi connectivity index (χ0v) is 11.0. The Hall–Kier alpha value is -1.22. The van der Waals surface area contributed by atoms with E-state index in [4.69, 9.17) is 9.47 Å². The zero-order chi connectivity index (χ0) is 12.4. The van der Waals surface area contributed by atoms with Crippen molar-refractivity contribution >= 4 is 0 Å². The molecule has 1 atom stereocenters. The fourth-order valence-corrected chi connectivity index (χ4v) is 2.86. The molecule has 98 valence electrons. The number of benzene rings is 1. The molecule has 1 unspecified atom stereocenters. The van der Waals surface area contributed by atoms with E-state index in [1.165, 1.54) is 31.4 Å². The lowest BCUT2D eigenvalue weighted by Gasteiger charge is -2.33. The number of rotatable bonds is 3. The topological polar surface area (TPSA) is 21.7 Å². The second kappa shape index (κ2) is 5.19. The lowest BCUT2D eigenvalue weighted by molar-refractivity contribution is 0.162. The van der Waals surface area contributed by atoms with Crippen molar-refractivity contribution in [3.63, 3.8) is 0 Å². The number of likely N-dealkylation sites (tertiary alicyclic amines) is 1. The third kappa shape index (κ3) is 2.46. The van der Waals surface area contributed by atoms with E-state index < -0.39 is 0 Å². The minimum Gasteiger partial charge on any atom is -0.454 e. The van der Waals surface area contributed by atoms with Crippen molar-refractivity contribution in [3.8, 4) is 11.5 Å². The van der Waals surface area contributed by atoms with Gasteiger partial charge in [-0.15, -0.1) is 0 Å². The van der Waals surface area contributed by atoms with Crippen LogP contribution in [0.1, 0.15) is 31.7 Å². The molecule has 2 heterocycles. The van der Waals surface area contributed by atoms with Crippen LogP contribution in [0.2, 0.25) is 0 Å². The minimum absolute atomic E-state index is 0.363. The molecule has 0 spiro atoms. The van der Waals surface area contributed by atoms with E-state index >= 15 is 0 Å². The quantitative estimate of drug-likeness (QED) is 0.820. The van der Waals surface area contributed by atoms with Gasteiger partial charge >= 0.3 is 0 Å². The predicted octanol–water partition coefficient (Wildman–Crippen LogP) is 2.83. The first-order valence-electron chi connectivity index (χ1n) is 6.95. The van der Waals surface area contributed by atoms with Crippen LogP contribution in [0.15, 0.2) is 18.2 Å². The molecular formula is C15H21NO2. The maximum Gasteiger partial charge on any atom is 0.231 e. The molecule has 0 bridgehead atoms. The van der Waals surface area contributed by atoms with Gasteiger partial charge in [-0.2, -0.15) is 0 Å². The van der Waals surface area contributed by atoms with Crippen molar-refractivity contribution in [2.24, 2.45) is 0 Å². The van der Waals surface area contributed by atoms with Gasteiger partial charge in [-0.05, 0) is 50.4 Å². The van der Waals surface area contributed by atoms with E-state index in [-0.39, 0.29) is 0 Å². The van der Waals surface area contributed by atoms with Gasteiger partial charge in [0.2, 0.25) is 6.79 Å². The molecule has 0 radical (unpaired) electrons. The highest BCUT2D eigenvalue weighted by molar-refractivity contribution is 5.44. The monoisotopic (exact) mass is 247 g/mol. The van der Waals surface area contributed by atoms with Gasteiger partial charge in [0.15, 0.2) is 11.5 Å². The molecule has 0 aromatic heterocycles. The molecule has 3 heteroatoms. The molecule has 1 aromatic rings. The van der Waals surface area contributed by atoms with Gasteiger partial charge in [-0.3, -0.25) is 0 Å². The van der Waals surface area contributed by atoms with E-state index in [9.17, 15) is 0 Å². The lowest BCUT2D eigenvalue weighted by Crippen LogP contribution is -2.38. The normalized spacial score (nSPS) is 23.3. The highest BCUT2D eigenvalue weighted by atomic mass is 16.7. The number of hydrogen-bond donors (Lipinski definition) is 0. The Bertz CT molecular complexity index is 419. The summed E-state index contributed by atoms with van der Waals surface area (Å²) < 4.78 is 10.7. The lowest BCUT2D eigenvalue weighted by atomic mass is 10.0. The summed E-state index contributed by atoms with van der Waals surface area (Å²) in [5.41, 5.74) is 1.34.